The third kappa shape index (κ3) is 7.04. The van der Waals surface area contributed by atoms with E-state index < -0.39 is 13.0 Å². The number of alkyl halides is 2. The van der Waals surface area contributed by atoms with Crippen molar-refractivity contribution in [2.75, 3.05) is 13.2 Å². The first-order chi connectivity index (χ1) is 12.6. The molecule has 0 heterocycles. The fraction of sp³-hybridized carbons (Fsp3) is 0.316. The maximum atomic E-state index is 13.2. The molecule has 2 rings (SSSR count). The van der Waals surface area contributed by atoms with Crippen molar-refractivity contribution in [3.05, 3.63) is 65.5 Å². The molecule has 140 valence electrons. The molecular weight excluding hydrogens is 343 g/mol. The summed E-state index contributed by atoms with van der Waals surface area (Å²) in [6, 6.07) is 13.2. The first-order valence-electron chi connectivity index (χ1n) is 8.33. The van der Waals surface area contributed by atoms with Gasteiger partial charge in [-0.15, -0.1) is 0 Å². The SMILES string of the molecule is CCNC(=NCc1cccc(F)c1)NCc1cccc(OCC(F)F)c1. The minimum atomic E-state index is -2.51. The van der Waals surface area contributed by atoms with Crippen molar-refractivity contribution >= 4 is 5.96 Å². The number of ether oxygens (including phenoxy) is 1. The Kier molecular flexibility index (Phi) is 7.79. The lowest BCUT2D eigenvalue weighted by Gasteiger charge is -2.12. The van der Waals surface area contributed by atoms with E-state index in [4.69, 9.17) is 4.74 Å². The summed E-state index contributed by atoms with van der Waals surface area (Å²) in [5.74, 6) is 0.679. The summed E-state index contributed by atoms with van der Waals surface area (Å²) in [6.45, 7) is 2.77. The molecule has 0 radical (unpaired) electrons. The zero-order valence-electron chi connectivity index (χ0n) is 14.5. The van der Waals surface area contributed by atoms with Gasteiger partial charge in [-0.3, -0.25) is 0 Å². The number of benzene rings is 2. The van der Waals surface area contributed by atoms with Crippen LogP contribution >= 0.6 is 0 Å². The van der Waals surface area contributed by atoms with Gasteiger partial charge in [0.15, 0.2) is 5.96 Å². The van der Waals surface area contributed by atoms with Crippen LogP contribution in [0.5, 0.6) is 5.75 Å². The van der Waals surface area contributed by atoms with Crippen LogP contribution in [-0.2, 0) is 13.1 Å². The quantitative estimate of drug-likeness (QED) is 0.554. The minimum absolute atomic E-state index is 0.295. The van der Waals surface area contributed by atoms with Crippen molar-refractivity contribution in [1.82, 2.24) is 10.6 Å². The van der Waals surface area contributed by atoms with Crippen molar-refractivity contribution in [2.45, 2.75) is 26.4 Å². The number of nitrogens with one attached hydrogen (secondary N) is 2. The van der Waals surface area contributed by atoms with E-state index in [0.717, 1.165) is 11.1 Å². The van der Waals surface area contributed by atoms with E-state index in [-0.39, 0.29) is 5.82 Å². The monoisotopic (exact) mass is 365 g/mol. The Morgan fingerprint density at radius 2 is 1.85 bits per heavy atom. The summed E-state index contributed by atoms with van der Waals surface area (Å²) < 4.78 is 42.7. The van der Waals surface area contributed by atoms with Crippen molar-refractivity contribution in [1.29, 1.82) is 0 Å². The van der Waals surface area contributed by atoms with Gasteiger partial charge in [0.2, 0.25) is 0 Å². The van der Waals surface area contributed by atoms with E-state index in [1.807, 2.05) is 13.0 Å². The molecule has 2 aromatic rings. The van der Waals surface area contributed by atoms with Gasteiger partial charge in [-0.05, 0) is 42.3 Å². The van der Waals surface area contributed by atoms with Gasteiger partial charge in [0, 0.05) is 13.1 Å². The summed E-state index contributed by atoms with van der Waals surface area (Å²) in [4.78, 5) is 4.42. The topological polar surface area (TPSA) is 45.7 Å². The van der Waals surface area contributed by atoms with Crippen LogP contribution in [0.1, 0.15) is 18.1 Å². The number of aliphatic imine (C=N–C) groups is 1. The van der Waals surface area contributed by atoms with Gasteiger partial charge < -0.3 is 15.4 Å². The summed E-state index contributed by atoms with van der Waals surface area (Å²) in [5.41, 5.74) is 1.64. The molecule has 2 N–H and O–H groups in total. The average Bonchev–Trinajstić information content (AvgIpc) is 2.63. The number of hydrogen-bond acceptors (Lipinski definition) is 2. The zero-order chi connectivity index (χ0) is 18.8. The molecule has 0 aromatic heterocycles. The normalized spacial score (nSPS) is 11.5. The van der Waals surface area contributed by atoms with Gasteiger partial charge in [0.1, 0.15) is 18.2 Å². The van der Waals surface area contributed by atoms with Crippen LogP contribution in [0.3, 0.4) is 0 Å². The van der Waals surface area contributed by atoms with Crippen LogP contribution < -0.4 is 15.4 Å². The molecule has 7 heteroatoms. The van der Waals surface area contributed by atoms with Gasteiger partial charge in [0.05, 0.1) is 6.54 Å². The molecule has 0 fully saturated rings. The Balaban J connectivity index is 1.95. The lowest BCUT2D eigenvalue weighted by Crippen LogP contribution is -2.36. The average molecular weight is 365 g/mol. The molecular formula is C19H22F3N3O. The number of guanidine groups is 1. The summed E-state index contributed by atoms with van der Waals surface area (Å²) >= 11 is 0. The molecule has 2 aromatic carbocycles. The molecule has 0 aliphatic carbocycles. The Morgan fingerprint density at radius 1 is 1.08 bits per heavy atom. The molecule has 0 unspecified atom stereocenters. The maximum Gasteiger partial charge on any atom is 0.272 e. The minimum Gasteiger partial charge on any atom is -0.488 e. The van der Waals surface area contributed by atoms with Crippen LogP contribution in [0.25, 0.3) is 0 Å². The number of halogens is 3. The van der Waals surface area contributed by atoms with Crippen molar-refractivity contribution < 1.29 is 17.9 Å². The highest BCUT2D eigenvalue weighted by atomic mass is 19.3. The lowest BCUT2D eigenvalue weighted by atomic mass is 10.2. The number of nitrogens with zero attached hydrogens (tertiary/aromatic N) is 1. The fourth-order valence-corrected chi connectivity index (χ4v) is 2.24. The zero-order valence-corrected chi connectivity index (χ0v) is 14.5. The highest BCUT2D eigenvalue weighted by Crippen LogP contribution is 2.14. The molecule has 4 nitrogen and oxygen atoms in total. The predicted octanol–water partition coefficient (Wildman–Crippen LogP) is 3.72. The second-order valence-corrected chi connectivity index (χ2v) is 5.53. The standard InChI is InChI=1S/C19H22F3N3O/c1-2-23-19(24-11-14-5-3-7-16(20)9-14)25-12-15-6-4-8-17(10-15)26-13-18(21)22/h3-10,18H,2,11-13H2,1H3,(H2,23,24,25). The molecule has 26 heavy (non-hydrogen) atoms. The third-order valence-electron chi connectivity index (χ3n) is 3.39. The molecule has 0 bridgehead atoms. The molecule has 0 saturated carbocycles. The molecule has 0 aliphatic heterocycles. The van der Waals surface area contributed by atoms with Gasteiger partial charge in [0.25, 0.3) is 6.43 Å². The molecule has 0 atom stereocenters. The van der Waals surface area contributed by atoms with Gasteiger partial charge in [-0.2, -0.15) is 0 Å². The van der Waals surface area contributed by atoms with Crippen molar-refractivity contribution in [2.24, 2.45) is 4.99 Å². The second-order valence-electron chi connectivity index (χ2n) is 5.53. The molecule has 0 spiro atoms. The largest absolute Gasteiger partial charge is 0.488 e. The Labute approximate surface area is 151 Å². The van der Waals surface area contributed by atoms with Crippen LogP contribution in [0, 0.1) is 5.82 Å². The molecule has 0 aliphatic rings. The third-order valence-corrected chi connectivity index (χ3v) is 3.39. The Hall–Kier alpha value is -2.70. The van der Waals surface area contributed by atoms with Crippen molar-refractivity contribution in [3.8, 4) is 5.75 Å². The summed E-state index contributed by atoms with van der Waals surface area (Å²) in [5, 5.41) is 6.26. The smallest absolute Gasteiger partial charge is 0.272 e. The van der Waals surface area contributed by atoms with Gasteiger partial charge >= 0.3 is 0 Å². The second kappa shape index (κ2) is 10.3. The van der Waals surface area contributed by atoms with E-state index in [1.165, 1.54) is 12.1 Å². The highest BCUT2D eigenvalue weighted by molar-refractivity contribution is 5.79. The van der Waals surface area contributed by atoms with Gasteiger partial charge in [-0.25, -0.2) is 18.2 Å². The van der Waals surface area contributed by atoms with Crippen LogP contribution in [0.4, 0.5) is 13.2 Å². The lowest BCUT2D eigenvalue weighted by molar-refractivity contribution is 0.0818. The van der Waals surface area contributed by atoms with E-state index >= 15 is 0 Å². The predicted molar refractivity (Wildman–Crippen MR) is 96.0 cm³/mol. The number of hydrogen-bond donors (Lipinski definition) is 2. The Bertz CT molecular complexity index is 723. The maximum absolute atomic E-state index is 13.2. The molecule has 0 amide bonds. The van der Waals surface area contributed by atoms with E-state index in [2.05, 4.69) is 15.6 Å². The van der Waals surface area contributed by atoms with Crippen molar-refractivity contribution in [3.63, 3.8) is 0 Å². The van der Waals surface area contributed by atoms with E-state index in [0.29, 0.717) is 31.3 Å². The van der Waals surface area contributed by atoms with Crippen LogP contribution in [0.2, 0.25) is 0 Å². The highest BCUT2D eigenvalue weighted by Gasteiger charge is 2.05. The first-order valence-corrected chi connectivity index (χ1v) is 8.33. The van der Waals surface area contributed by atoms with E-state index in [1.54, 1.807) is 30.3 Å². The van der Waals surface area contributed by atoms with E-state index in [9.17, 15) is 13.2 Å². The molecule has 0 saturated heterocycles. The fourth-order valence-electron chi connectivity index (χ4n) is 2.24. The van der Waals surface area contributed by atoms with Crippen LogP contribution in [-0.4, -0.2) is 25.5 Å². The summed E-state index contributed by atoms with van der Waals surface area (Å²) in [6.07, 6.45) is -2.51. The summed E-state index contributed by atoms with van der Waals surface area (Å²) in [7, 11) is 0. The first kappa shape index (κ1) is 19.6. The van der Waals surface area contributed by atoms with Crippen LogP contribution in [0.15, 0.2) is 53.5 Å². The Morgan fingerprint density at radius 3 is 2.58 bits per heavy atom. The number of rotatable bonds is 8. The van der Waals surface area contributed by atoms with Gasteiger partial charge in [-0.1, -0.05) is 24.3 Å².